The Labute approximate surface area is 140 Å². The number of anilines is 1. The number of urea groups is 1. The summed E-state index contributed by atoms with van der Waals surface area (Å²) in [6.07, 6.45) is 6.38. The number of aromatic nitrogens is 2. The second-order valence-corrected chi connectivity index (χ2v) is 6.60. The van der Waals surface area contributed by atoms with E-state index in [-0.39, 0.29) is 12.1 Å². The molecule has 1 aliphatic rings. The van der Waals surface area contributed by atoms with Crippen LogP contribution in [0.2, 0.25) is 0 Å². The molecule has 1 aliphatic heterocycles. The van der Waals surface area contributed by atoms with Gasteiger partial charge in [-0.05, 0) is 36.8 Å². The molecule has 1 saturated heterocycles. The molecule has 2 aromatic rings. The number of nitrogens with zero attached hydrogens (tertiary/aromatic N) is 3. The molecule has 122 valence electrons. The predicted molar refractivity (Wildman–Crippen MR) is 91.8 cm³/mol. The number of nitrogens with one attached hydrogen (secondary N) is 2. The summed E-state index contributed by atoms with van der Waals surface area (Å²) < 4.78 is 0. The van der Waals surface area contributed by atoms with E-state index in [0.29, 0.717) is 6.54 Å². The minimum atomic E-state index is -0.0950. The zero-order valence-electron chi connectivity index (χ0n) is 12.9. The van der Waals surface area contributed by atoms with Gasteiger partial charge in [0, 0.05) is 42.9 Å². The Morgan fingerprint density at radius 2 is 2.22 bits per heavy atom. The molecule has 0 spiro atoms. The Morgan fingerprint density at radius 3 is 3.00 bits per heavy atom. The highest BCUT2D eigenvalue weighted by molar-refractivity contribution is 7.09. The van der Waals surface area contributed by atoms with Crippen LogP contribution in [0.3, 0.4) is 0 Å². The Hall–Kier alpha value is -2.15. The van der Waals surface area contributed by atoms with Crippen molar-refractivity contribution in [1.82, 2.24) is 20.6 Å². The predicted octanol–water partition coefficient (Wildman–Crippen LogP) is 2.05. The molecule has 2 amide bonds. The van der Waals surface area contributed by atoms with Gasteiger partial charge in [-0.3, -0.25) is 0 Å². The molecule has 3 heterocycles. The molecule has 0 bridgehead atoms. The monoisotopic (exact) mass is 331 g/mol. The van der Waals surface area contributed by atoms with E-state index in [1.807, 2.05) is 12.1 Å². The maximum atomic E-state index is 12.0. The Kier molecular flexibility index (Phi) is 5.42. The largest absolute Gasteiger partial charge is 0.339 e. The van der Waals surface area contributed by atoms with Gasteiger partial charge in [0.15, 0.2) is 0 Å². The van der Waals surface area contributed by atoms with E-state index in [9.17, 15) is 4.79 Å². The summed E-state index contributed by atoms with van der Waals surface area (Å²) in [5.41, 5.74) is 0. The molecule has 2 aromatic heterocycles. The van der Waals surface area contributed by atoms with Crippen molar-refractivity contribution < 1.29 is 4.79 Å². The molecule has 1 fully saturated rings. The molecule has 2 N–H and O–H groups in total. The lowest BCUT2D eigenvalue weighted by Gasteiger charge is -2.33. The van der Waals surface area contributed by atoms with Gasteiger partial charge in [-0.2, -0.15) is 0 Å². The average molecular weight is 331 g/mol. The molecule has 0 aromatic carbocycles. The zero-order chi connectivity index (χ0) is 15.9. The van der Waals surface area contributed by atoms with E-state index < -0.39 is 0 Å². The van der Waals surface area contributed by atoms with Crippen molar-refractivity contribution in [3.05, 3.63) is 40.8 Å². The van der Waals surface area contributed by atoms with Crippen molar-refractivity contribution in [3.63, 3.8) is 0 Å². The summed E-state index contributed by atoms with van der Waals surface area (Å²) in [6.45, 7) is 2.34. The highest BCUT2D eigenvalue weighted by Gasteiger charge is 2.22. The van der Waals surface area contributed by atoms with E-state index in [2.05, 4.69) is 36.9 Å². The van der Waals surface area contributed by atoms with Gasteiger partial charge in [-0.25, -0.2) is 14.8 Å². The number of carbonyl (C=O) groups is 1. The van der Waals surface area contributed by atoms with Crippen molar-refractivity contribution in [1.29, 1.82) is 0 Å². The number of carbonyl (C=O) groups excluding carboxylic acids is 1. The number of piperidine rings is 1. The van der Waals surface area contributed by atoms with Crippen LogP contribution in [0, 0.1) is 0 Å². The maximum absolute atomic E-state index is 12.0. The molecule has 0 aliphatic carbocycles. The first-order chi connectivity index (χ1) is 11.3. The molecule has 1 atom stereocenters. The van der Waals surface area contributed by atoms with Crippen molar-refractivity contribution in [2.75, 3.05) is 24.5 Å². The summed E-state index contributed by atoms with van der Waals surface area (Å²) in [4.78, 5) is 24.0. The van der Waals surface area contributed by atoms with Crippen LogP contribution in [0.4, 0.5) is 10.7 Å². The number of amides is 2. The molecule has 0 saturated carbocycles. The van der Waals surface area contributed by atoms with Crippen LogP contribution in [0.25, 0.3) is 0 Å². The van der Waals surface area contributed by atoms with Gasteiger partial charge in [-0.1, -0.05) is 6.07 Å². The summed E-state index contributed by atoms with van der Waals surface area (Å²) >= 11 is 1.72. The highest BCUT2D eigenvalue weighted by Crippen LogP contribution is 2.15. The molecular weight excluding hydrogens is 310 g/mol. The van der Waals surface area contributed by atoms with Crippen LogP contribution >= 0.6 is 11.3 Å². The van der Waals surface area contributed by atoms with Crippen LogP contribution in [0.15, 0.2) is 36.0 Å². The van der Waals surface area contributed by atoms with Crippen LogP contribution in [0.1, 0.15) is 17.7 Å². The lowest BCUT2D eigenvalue weighted by molar-refractivity contribution is 0.235. The van der Waals surface area contributed by atoms with Gasteiger partial charge in [0.2, 0.25) is 5.95 Å². The molecule has 0 radical (unpaired) electrons. The van der Waals surface area contributed by atoms with Gasteiger partial charge >= 0.3 is 6.03 Å². The highest BCUT2D eigenvalue weighted by atomic mass is 32.1. The minimum Gasteiger partial charge on any atom is -0.339 e. The van der Waals surface area contributed by atoms with Gasteiger partial charge in [0.25, 0.3) is 0 Å². The summed E-state index contributed by atoms with van der Waals surface area (Å²) in [5, 5.41) is 8.04. The lowest BCUT2D eigenvalue weighted by Crippen LogP contribution is -2.51. The fourth-order valence-electron chi connectivity index (χ4n) is 2.72. The third-order valence-electron chi connectivity index (χ3n) is 3.83. The number of rotatable bonds is 5. The topological polar surface area (TPSA) is 70.2 Å². The third-order valence-corrected chi connectivity index (χ3v) is 4.76. The molecule has 3 rings (SSSR count). The zero-order valence-corrected chi connectivity index (χ0v) is 13.8. The van der Waals surface area contributed by atoms with Crippen LogP contribution < -0.4 is 15.5 Å². The summed E-state index contributed by atoms with van der Waals surface area (Å²) in [6, 6.07) is 5.96. The SMILES string of the molecule is O=C(NCCc1cccs1)NC1CCCN(c2ncccn2)C1. The first-order valence-corrected chi connectivity index (χ1v) is 8.78. The van der Waals surface area contributed by atoms with Crippen LogP contribution in [-0.2, 0) is 6.42 Å². The van der Waals surface area contributed by atoms with E-state index >= 15 is 0 Å². The fraction of sp³-hybridized carbons (Fsp3) is 0.438. The van der Waals surface area contributed by atoms with Crippen molar-refractivity contribution in [2.24, 2.45) is 0 Å². The Bertz CT molecular complexity index is 604. The quantitative estimate of drug-likeness (QED) is 0.880. The average Bonchev–Trinajstić information content (AvgIpc) is 3.09. The Morgan fingerprint density at radius 1 is 1.35 bits per heavy atom. The number of hydrogen-bond donors (Lipinski definition) is 2. The number of thiophene rings is 1. The smallest absolute Gasteiger partial charge is 0.315 e. The van der Waals surface area contributed by atoms with Gasteiger partial charge in [0.05, 0.1) is 0 Å². The lowest BCUT2D eigenvalue weighted by atomic mass is 10.1. The van der Waals surface area contributed by atoms with Crippen molar-refractivity contribution >= 4 is 23.3 Å². The van der Waals surface area contributed by atoms with E-state index in [4.69, 9.17) is 0 Å². The Balaban J connectivity index is 1.43. The van der Waals surface area contributed by atoms with Crippen molar-refractivity contribution in [3.8, 4) is 0 Å². The molecule has 23 heavy (non-hydrogen) atoms. The van der Waals surface area contributed by atoms with Crippen LogP contribution in [-0.4, -0.2) is 41.7 Å². The summed E-state index contributed by atoms with van der Waals surface area (Å²) in [5.74, 6) is 0.733. The van der Waals surface area contributed by atoms with Gasteiger partial charge < -0.3 is 15.5 Å². The molecular formula is C16H21N5OS. The first kappa shape index (κ1) is 15.7. The second-order valence-electron chi connectivity index (χ2n) is 5.56. The van der Waals surface area contributed by atoms with E-state index in [1.165, 1.54) is 4.88 Å². The normalized spacial score (nSPS) is 17.7. The van der Waals surface area contributed by atoms with Gasteiger partial charge in [-0.15, -0.1) is 11.3 Å². The third kappa shape index (κ3) is 4.66. The minimum absolute atomic E-state index is 0.0950. The maximum Gasteiger partial charge on any atom is 0.315 e. The van der Waals surface area contributed by atoms with E-state index in [1.54, 1.807) is 23.7 Å². The first-order valence-electron chi connectivity index (χ1n) is 7.90. The van der Waals surface area contributed by atoms with Crippen molar-refractivity contribution in [2.45, 2.75) is 25.3 Å². The molecule has 1 unspecified atom stereocenters. The van der Waals surface area contributed by atoms with Crippen LogP contribution in [0.5, 0.6) is 0 Å². The molecule has 6 nitrogen and oxygen atoms in total. The van der Waals surface area contributed by atoms with Gasteiger partial charge in [0.1, 0.15) is 0 Å². The fourth-order valence-corrected chi connectivity index (χ4v) is 3.43. The number of hydrogen-bond acceptors (Lipinski definition) is 5. The summed E-state index contributed by atoms with van der Waals surface area (Å²) in [7, 11) is 0. The second kappa shape index (κ2) is 7.92. The van der Waals surface area contributed by atoms with E-state index in [0.717, 1.165) is 38.3 Å². The standard InChI is InChI=1S/C16H21N5OS/c22-16(19-9-6-14-5-2-11-23-14)20-13-4-1-10-21(12-13)15-17-7-3-8-18-15/h2-3,5,7-8,11,13H,1,4,6,9-10,12H2,(H2,19,20,22). The molecule has 7 heteroatoms.